The predicted molar refractivity (Wildman–Crippen MR) is 199 cm³/mol. The first-order chi connectivity index (χ1) is 26.0. The van der Waals surface area contributed by atoms with E-state index in [1.54, 1.807) is 14.2 Å². The van der Waals surface area contributed by atoms with Gasteiger partial charge in [0, 0.05) is 56.7 Å². The zero-order chi connectivity index (χ0) is 40.1. The number of likely N-dealkylation sites (tertiary alicyclic amines) is 1. The van der Waals surface area contributed by atoms with Crippen LogP contribution in [0.2, 0.25) is 0 Å². The molecule has 1 atom stereocenters. The van der Waals surface area contributed by atoms with Gasteiger partial charge in [-0.2, -0.15) is 13.2 Å². The van der Waals surface area contributed by atoms with Gasteiger partial charge in [-0.05, 0) is 78.3 Å². The quantitative estimate of drug-likeness (QED) is 0.155. The van der Waals surface area contributed by atoms with Gasteiger partial charge in [-0.25, -0.2) is 13.2 Å². The van der Waals surface area contributed by atoms with Crippen molar-refractivity contribution in [3.05, 3.63) is 88.7 Å². The zero-order valence-electron chi connectivity index (χ0n) is 30.9. The average Bonchev–Trinajstić information content (AvgIpc) is 3.13. The highest BCUT2D eigenvalue weighted by Gasteiger charge is 2.45. The number of piperidine rings is 2. The Hall–Kier alpha value is -4.98. The molecular weight excluding hydrogens is 728 g/mol. The molecule has 0 bridgehead atoms. The Labute approximate surface area is 315 Å². The fourth-order valence-corrected chi connectivity index (χ4v) is 7.51. The summed E-state index contributed by atoms with van der Waals surface area (Å²) in [7, 11) is 3.21. The molecule has 0 aliphatic carbocycles. The van der Waals surface area contributed by atoms with Crippen LogP contribution in [0.15, 0.2) is 60.7 Å². The molecule has 4 aromatic carbocycles. The molecule has 2 saturated heterocycles. The lowest BCUT2D eigenvalue weighted by molar-refractivity contribution is -0.152. The minimum atomic E-state index is -4.37. The number of amides is 1. The van der Waals surface area contributed by atoms with Crippen LogP contribution in [0.3, 0.4) is 0 Å². The molecular formula is C41H45F6N3O5. The first-order valence-electron chi connectivity index (χ1n) is 18.0. The molecule has 0 radical (unpaired) electrons. The van der Waals surface area contributed by atoms with Crippen molar-refractivity contribution < 1.29 is 50.5 Å². The van der Waals surface area contributed by atoms with Crippen molar-refractivity contribution in [2.24, 2.45) is 5.73 Å². The molecule has 14 heteroatoms. The van der Waals surface area contributed by atoms with E-state index in [1.807, 2.05) is 53.4 Å². The van der Waals surface area contributed by atoms with Gasteiger partial charge >= 0.3 is 12.1 Å². The van der Waals surface area contributed by atoms with Gasteiger partial charge in [0.2, 0.25) is 0 Å². The molecule has 8 nitrogen and oxygen atoms in total. The molecule has 296 valence electrons. The van der Waals surface area contributed by atoms with E-state index in [4.69, 9.17) is 20.3 Å². The lowest BCUT2D eigenvalue weighted by Crippen LogP contribution is -2.48. The van der Waals surface area contributed by atoms with E-state index < -0.39 is 35.8 Å². The smallest absolute Gasteiger partial charge is 0.408 e. The Balaban J connectivity index is 0.000000237. The Morgan fingerprint density at radius 3 is 2.24 bits per heavy atom. The number of methoxy groups -OCH3 is 2. The van der Waals surface area contributed by atoms with E-state index in [1.165, 1.54) is 13.0 Å². The average molecular weight is 774 g/mol. The number of hydrogen-bond acceptors (Lipinski definition) is 6. The summed E-state index contributed by atoms with van der Waals surface area (Å²) in [6.07, 6.45) is -3.06. The number of ether oxygens (including phenoxy) is 2. The summed E-state index contributed by atoms with van der Waals surface area (Å²) >= 11 is 0. The van der Waals surface area contributed by atoms with Crippen molar-refractivity contribution in [3.8, 4) is 22.6 Å². The third-order valence-corrected chi connectivity index (χ3v) is 10.2. The highest BCUT2D eigenvalue weighted by Crippen LogP contribution is 2.45. The number of fused-ring (bicyclic) bond motifs is 1. The molecule has 55 heavy (non-hydrogen) atoms. The molecule has 0 saturated carbocycles. The molecule has 1 unspecified atom stereocenters. The molecule has 1 amide bonds. The van der Waals surface area contributed by atoms with Crippen LogP contribution in [-0.2, 0) is 17.8 Å². The van der Waals surface area contributed by atoms with Gasteiger partial charge < -0.3 is 25.2 Å². The molecule has 3 N–H and O–H groups in total. The Morgan fingerprint density at radius 2 is 1.62 bits per heavy atom. The van der Waals surface area contributed by atoms with Crippen molar-refractivity contribution >= 4 is 28.3 Å². The highest BCUT2D eigenvalue weighted by atomic mass is 19.4. The molecule has 6 rings (SSSR count). The number of primary amides is 1. The largest absolute Gasteiger partial charge is 0.496 e. The van der Waals surface area contributed by atoms with Crippen molar-refractivity contribution in [2.45, 2.75) is 76.6 Å². The second-order valence-corrected chi connectivity index (χ2v) is 13.9. The normalized spacial score (nSPS) is 17.3. The van der Waals surface area contributed by atoms with Crippen LogP contribution in [0.1, 0.15) is 65.6 Å². The van der Waals surface area contributed by atoms with E-state index >= 15 is 0 Å². The molecule has 2 fully saturated rings. The van der Waals surface area contributed by atoms with Crippen molar-refractivity contribution in [1.29, 1.82) is 0 Å². The van der Waals surface area contributed by atoms with E-state index in [9.17, 15) is 35.9 Å². The van der Waals surface area contributed by atoms with E-state index in [-0.39, 0.29) is 49.0 Å². The maximum Gasteiger partial charge on any atom is 0.408 e. The Kier molecular flexibility index (Phi) is 12.9. The first-order valence-corrected chi connectivity index (χ1v) is 18.0. The van der Waals surface area contributed by atoms with Gasteiger partial charge in [-0.15, -0.1) is 0 Å². The number of rotatable bonds is 10. The van der Waals surface area contributed by atoms with E-state index in [0.717, 1.165) is 44.0 Å². The molecule has 2 aliphatic heterocycles. The van der Waals surface area contributed by atoms with Crippen molar-refractivity contribution in [1.82, 2.24) is 4.90 Å². The number of alkyl halides is 5. The molecule has 2 heterocycles. The van der Waals surface area contributed by atoms with E-state index in [0.29, 0.717) is 50.4 Å². The summed E-state index contributed by atoms with van der Waals surface area (Å²) in [5.74, 6) is -3.94. The summed E-state index contributed by atoms with van der Waals surface area (Å²) in [5, 5.41) is 11.1. The number of benzene rings is 4. The highest BCUT2D eigenvalue weighted by molar-refractivity contribution is 6.01. The van der Waals surface area contributed by atoms with Gasteiger partial charge in [0.05, 0.1) is 25.3 Å². The van der Waals surface area contributed by atoms with Crippen LogP contribution in [0.5, 0.6) is 11.5 Å². The van der Waals surface area contributed by atoms with Gasteiger partial charge in [0.25, 0.3) is 11.8 Å². The van der Waals surface area contributed by atoms with Crippen LogP contribution in [0, 0.1) is 12.7 Å². The summed E-state index contributed by atoms with van der Waals surface area (Å²) in [4.78, 5) is 25.4. The second kappa shape index (κ2) is 17.2. The van der Waals surface area contributed by atoms with Crippen LogP contribution < -0.4 is 20.1 Å². The molecule has 0 aromatic heterocycles. The lowest BCUT2D eigenvalue weighted by atomic mass is 9.92. The Morgan fingerprint density at radius 1 is 0.927 bits per heavy atom. The third kappa shape index (κ3) is 9.64. The number of carboxylic acids is 1. The standard InChI is InChI=1S/C27H29F2NO4.C14H16F4N2O/c1-33-23-11-9-19(17-30-15-13-27(28,29)14-16-30)26(34-2)25(23)22-8-4-6-20-18(10-12-24(31)32)5-3-7-21(20)22;1-8-6-9(7-10(15)12(8)13(19)21)20-5-3-2-4-11(20)14(16,17)18/h3-9,11H,10,12-17H2,1-2H3,(H,31,32);6-7,11H,2-5H2,1H3,(H2,19,21). The number of carbonyl (C=O) groups is 2. The number of hydrogen-bond donors (Lipinski definition) is 2. The minimum Gasteiger partial charge on any atom is -0.496 e. The maximum atomic E-state index is 13.9. The lowest BCUT2D eigenvalue weighted by Gasteiger charge is -2.38. The number of halogens is 6. The summed E-state index contributed by atoms with van der Waals surface area (Å²) < 4.78 is 92.0. The fourth-order valence-electron chi connectivity index (χ4n) is 7.51. The number of anilines is 1. The maximum absolute atomic E-state index is 13.9. The monoisotopic (exact) mass is 773 g/mol. The topological polar surface area (TPSA) is 105 Å². The van der Waals surface area contributed by atoms with Gasteiger partial charge in [0.15, 0.2) is 0 Å². The van der Waals surface area contributed by atoms with Crippen LogP contribution >= 0.6 is 0 Å². The zero-order valence-corrected chi connectivity index (χ0v) is 30.9. The summed E-state index contributed by atoms with van der Waals surface area (Å²) in [6, 6.07) is 16.4. The SMILES string of the molecule is COc1ccc(CN2CCC(F)(F)CC2)c(OC)c1-c1cccc2c(CCC(=O)O)cccc12.Cc1cc(N2CCCCC2C(F)(F)F)cc(F)c1C(N)=O. The number of aliphatic carboxylic acids is 1. The second-order valence-electron chi connectivity index (χ2n) is 13.9. The van der Waals surface area contributed by atoms with E-state index in [2.05, 4.69) is 0 Å². The number of aryl methyl sites for hydroxylation is 2. The number of nitrogens with two attached hydrogens (primary N) is 1. The van der Waals surface area contributed by atoms with Crippen LogP contribution in [-0.4, -0.2) is 73.9 Å². The molecule has 2 aliphatic rings. The van der Waals surface area contributed by atoms with Crippen molar-refractivity contribution in [3.63, 3.8) is 0 Å². The minimum absolute atomic E-state index is 0.0122. The van der Waals surface area contributed by atoms with Crippen LogP contribution in [0.25, 0.3) is 21.9 Å². The Bertz CT molecular complexity index is 1990. The molecule has 0 spiro atoms. The fraction of sp³-hybridized carbons (Fsp3) is 0.415. The summed E-state index contributed by atoms with van der Waals surface area (Å²) in [6.45, 7) is 2.83. The van der Waals surface area contributed by atoms with Gasteiger partial charge in [0.1, 0.15) is 23.4 Å². The predicted octanol–water partition coefficient (Wildman–Crippen LogP) is 8.93. The van der Waals surface area contributed by atoms with Gasteiger partial charge in [-0.1, -0.05) is 42.5 Å². The van der Waals surface area contributed by atoms with Crippen LogP contribution in [0.4, 0.5) is 32.0 Å². The number of carbonyl (C=O) groups excluding carboxylic acids is 1. The number of nitrogens with zero attached hydrogens (tertiary/aromatic N) is 2. The third-order valence-electron chi connectivity index (χ3n) is 10.2. The molecule has 4 aromatic rings. The van der Waals surface area contributed by atoms with Crippen molar-refractivity contribution in [2.75, 3.05) is 38.8 Å². The number of carboxylic acid groups (broad SMARTS) is 1. The summed E-state index contributed by atoms with van der Waals surface area (Å²) in [5.41, 5.74) is 8.74. The first kappa shape index (κ1) is 41.2. The van der Waals surface area contributed by atoms with Gasteiger partial charge in [-0.3, -0.25) is 14.5 Å².